The summed E-state index contributed by atoms with van der Waals surface area (Å²) < 4.78 is 0. The molecule has 0 heterocycles. The molecule has 2 rings (SSSR count). The van der Waals surface area contributed by atoms with Crippen molar-refractivity contribution in [2.45, 2.75) is 69.4 Å². The zero-order valence-electron chi connectivity index (χ0n) is 13.6. The molecule has 1 aromatic carbocycles. The van der Waals surface area contributed by atoms with Gasteiger partial charge in [0.2, 0.25) is 0 Å². The van der Waals surface area contributed by atoms with Crippen molar-refractivity contribution in [3.63, 3.8) is 0 Å². The van der Waals surface area contributed by atoms with Gasteiger partial charge in [0.1, 0.15) is 0 Å². The summed E-state index contributed by atoms with van der Waals surface area (Å²) in [5.74, 6) is 1.16. The number of nitrogens with one attached hydrogen (secondary N) is 1. The lowest BCUT2D eigenvalue weighted by Crippen LogP contribution is -2.46. The average molecular weight is 308 g/mol. The van der Waals surface area contributed by atoms with Gasteiger partial charge in [-0.3, -0.25) is 0 Å². The molecular formula is C18H29NOS. The Balaban J connectivity index is 1.65. The Hall–Kier alpha value is -0.510. The molecule has 2 N–H and O–H groups in total. The highest BCUT2D eigenvalue weighted by Gasteiger charge is 2.31. The van der Waals surface area contributed by atoms with E-state index >= 15 is 0 Å². The number of aliphatic hydroxyl groups is 1. The van der Waals surface area contributed by atoms with Crippen LogP contribution in [0.3, 0.4) is 0 Å². The van der Waals surface area contributed by atoms with Gasteiger partial charge in [0.25, 0.3) is 0 Å². The predicted octanol–water partition coefficient (Wildman–Crippen LogP) is 4.07. The Kier molecular flexibility index (Phi) is 6.15. The van der Waals surface area contributed by atoms with Crippen LogP contribution in [0.2, 0.25) is 0 Å². The number of aliphatic hydroxyl groups excluding tert-OH is 1. The number of thioether (sulfide) groups is 1. The standard InChI is InChI=1S/C18H29NOS/c1-14-6-9-17(12-15(14)2)21-11-5-4-10-18(3,13-20)19-16-7-8-16/h6,9,12,16,19-20H,4-5,7-8,10-11,13H2,1-3H3. The number of unbranched alkanes of at least 4 members (excludes halogenated alkanes) is 1. The first-order valence-corrected chi connectivity index (χ1v) is 9.09. The third kappa shape index (κ3) is 5.65. The van der Waals surface area contributed by atoms with Gasteiger partial charge in [-0.05, 0) is 75.5 Å². The van der Waals surface area contributed by atoms with Crippen LogP contribution in [0.4, 0.5) is 0 Å². The van der Waals surface area contributed by atoms with Crippen molar-refractivity contribution in [1.29, 1.82) is 0 Å². The second-order valence-corrected chi connectivity index (χ2v) is 7.86. The van der Waals surface area contributed by atoms with E-state index in [-0.39, 0.29) is 12.1 Å². The SMILES string of the molecule is Cc1ccc(SCCCCC(C)(CO)NC2CC2)cc1C. The summed E-state index contributed by atoms with van der Waals surface area (Å²) in [5, 5.41) is 13.2. The smallest absolute Gasteiger partial charge is 0.0610 e. The molecule has 0 aromatic heterocycles. The molecule has 0 saturated heterocycles. The predicted molar refractivity (Wildman–Crippen MR) is 92.1 cm³/mol. The molecular weight excluding hydrogens is 278 g/mol. The first-order chi connectivity index (χ1) is 10.0. The van der Waals surface area contributed by atoms with Gasteiger partial charge >= 0.3 is 0 Å². The summed E-state index contributed by atoms with van der Waals surface area (Å²) in [4.78, 5) is 1.37. The molecule has 1 aliphatic rings. The van der Waals surface area contributed by atoms with E-state index in [1.807, 2.05) is 11.8 Å². The molecule has 1 aromatic rings. The molecule has 0 aliphatic heterocycles. The summed E-state index contributed by atoms with van der Waals surface area (Å²) >= 11 is 1.94. The fourth-order valence-electron chi connectivity index (χ4n) is 2.53. The van der Waals surface area contributed by atoms with E-state index in [9.17, 15) is 5.11 Å². The molecule has 3 heteroatoms. The lowest BCUT2D eigenvalue weighted by molar-refractivity contribution is 0.161. The third-order valence-corrected chi connectivity index (χ3v) is 5.43. The number of hydrogen-bond donors (Lipinski definition) is 2. The minimum atomic E-state index is -0.0771. The molecule has 0 amide bonds. The molecule has 1 unspecified atom stereocenters. The number of hydrogen-bond acceptors (Lipinski definition) is 3. The molecule has 1 fully saturated rings. The van der Waals surface area contributed by atoms with Gasteiger partial charge in [-0.1, -0.05) is 12.5 Å². The molecule has 0 bridgehead atoms. The van der Waals surface area contributed by atoms with Crippen molar-refractivity contribution >= 4 is 11.8 Å². The first kappa shape index (κ1) is 16.9. The molecule has 118 valence electrons. The van der Waals surface area contributed by atoms with E-state index < -0.39 is 0 Å². The second-order valence-electron chi connectivity index (χ2n) is 6.69. The van der Waals surface area contributed by atoms with Crippen LogP contribution in [-0.4, -0.2) is 29.0 Å². The Morgan fingerprint density at radius 1 is 1.24 bits per heavy atom. The highest BCUT2D eigenvalue weighted by Crippen LogP contribution is 2.26. The van der Waals surface area contributed by atoms with E-state index in [1.54, 1.807) is 0 Å². The van der Waals surface area contributed by atoms with E-state index in [0.717, 1.165) is 12.2 Å². The maximum Gasteiger partial charge on any atom is 0.0610 e. The minimum Gasteiger partial charge on any atom is -0.394 e. The van der Waals surface area contributed by atoms with Crippen LogP contribution < -0.4 is 5.32 Å². The van der Waals surface area contributed by atoms with E-state index in [2.05, 4.69) is 44.3 Å². The molecule has 0 spiro atoms. The Labute approximate surface area is 133 Å². The van der Waals surface area contributed by atoms with E-state index in [0.29, 0.717) is 6.04 Å². The fourth-order valence-corrected chi connectivity index (χ4v) is 3.54. The topological polar surface area (TPSA) is 32.3 Å². The van der Waals surface area contributed by atoms with Gasteiger partial charge in [0.15, 0.2) is 0 Å². The van der Waals surface area contributed by atoms with Crippen LogP contribution in [0.1, 0.15) is 50.2 Å². The van der Waals surface area contributed by atoms with Crippen LogP contribution in [-0.2, 0) is 0 Å². The second kappa shape index (κ2) is 7.66. The monoisotopic (exact) mass is 307 g/mol. The number of aryl methyl sites for hydroxylation is 2. The third-order valence-electron chi connectivity index (χ3n) is 4.35. The first-order valence-electron chi connectivity index (χ1n) is 8.11. The van der Waals surface area contributed by atoms with Crippen LogP contribution in [0.15, 0.2) is 23.1 Å². The number of benzene rings is 1. The van der Waals surface area contributed by atoms with Crippen molar-refractivity contribution in [3.05, 3.63) is 29.3 Å². The highest BCUT2D eigenvalue weighted by atomic mass is 32.2. The van der Waals surface area contributed by atoms with Crippen LogP contribution >= 0.6 is 11.8 Å². The summed E-state index contributed by atoms with van der Waals surface area (Å²) in [6.07, 6.45) is 6.00. The zero-order chi connectivity index (χ0) is 15.3. The normalized spacial score (nSPS) is 17.7. The quantitative estimate of drug-likeness (QED) is 0.533. The molecule has 0 radical (unpaired) electrons. The van der Waals surface area contributed by atoms with Crippen LogP contribution in [0.5, 0.6) is 0 Å². The molecule has 1 atom stereocenters. The van der Waals surface area contributed by atoms with E-state index in [1.165, 1.54) is 41.7 Å². The molecule has 2 nitrogen and oxygen atoms in total. The average Bonchev–Trinajstić information content (AvgIpc) is 3.26. The van der Waals surface area contributed by atoms with E-state index in [4.69, 9.17) is 0 Å². The Bertz CT molecular complexity index is 459. The minimum absolute atomic E-state index is 0.0771. The fraction of sp³-hybridized carbons (Fsp3) is 0.667. The van der Waals surface area contributed by atoms with Crippen molar-refractivity contribution in [2.24, 2.45) is 0 Å². The van der Waals surface area contributed by atoms with Gasteiger partial charge in [-0.25, -0.2) is 0 Å². The van der Waals surface area contributed by atoms with Crippen molar-refractivity contribution in [1.82, 2.24) is 5.32 Å². The van der Waals surface area contributed by atoms with Crippen LogP contribution in [0, 0.1) is 13.8 Å². The van der Waals surface area contributed by atoms with Gasteiger partial charge in [0.05, 0.1) is 6.61 Å². The van der Waals surface area contributed by atoms with Gasteiger partial charge in [-0.15, -0.1) is 11.8 Å². The summed E-state index contributed by atoms with van der Waals surface area (Å²) in [7, 11) is 0. The van der Waals surface area contributed by atoms with Gasteiger partial charge in [-0.2, -0.15) is 0 Å². The summed E-state index contributed by atoms with van der Waals surface area (Å²) in [6.45, 7) is 6.73. The summed E-state index contributed by atoms with van der Waals surface area (Å²) in [5.41, 5.74) is 2.66. The summed E-state index contributed by atoms with van der Waals surface area (Å²) in [6, 6.07) is 7.37. The van der Waals surface area contributed by atoms with Crippen LogP contribution in [0.25, 0.3) is 0 Å². The largest absolute Gasteiger partial charge is 0.394 e. The van der Waals surface area contributed by atoms with Gasteiger partial charge < -0.3 is 10.4 Å². The van der Waals surface area contributed by atoms with Gasteiger partial charge in [0, 0.05) is 16.5 Å². The maximum atomic E-state index is 9.59. The Morgan fingerprint density at radius 3 is 2.62 bits per heavy atom. The zero-order valence-corrected chi connectivity index (χ0v) is 14.4. The highest BCUT2D eigenvalue weighted by molar-refractivity contribution is 7.99. The lowest BCUT2D eigenvalue weighted by atomic mass is 9.96. The molecule has 1 saturated carbocycles. The van der Waals surface area contributed by atoms with Crippen molar-refractivity contribution in [3.8, 4) is 0 Å². The maximum absolute atomic E-state index is 9.59. The van der Waals surface area contributed by atoms with Crippen molar-refractivity contribution in [2.75, 3.05) is 12.4 Å². The Morgan fingerprint density at radius 2 is 2.00 bits per heavy atom. The van der Waals surface area contributed by atoms with Crippen molar-refractivity contribution < 1.29 is 5.11 Å². The lowest BCUT2D eigenvalue weighted by Gasteiger charge is -2.29. The molecule has 1 aliphatic carbocycles. The number of rotatable bonds is 9. The molecule has 21 heavy (non-hydrogen) atoms.